The Hall–Kier alpha value is -2.34. The molecule has 0 aliphatic rings. The van der Waals surface area contributed by atoms with Crippen LogP contribution in [0, 0.1) is 31.0 Å². The Labute approximate surface area is 105 Å². The minimum Gasteiger partial charge on any atom is -0.454 e. The standard InChI is InChI=1S/C15H12FNO/c1-10-3-5-13(7-11(10)2)18-15-6-4-12(9-17)8-14(15)16/h3-8H,1-2H3. The summed E-state index contributed by atoms with van der Waals surface area (Å²) in [4.78, 5) is 0. The lowest BCUT2D eigenvalue weighted by molar-refractivity contribution is 0.442. The molecule has 0 aliphatic heterocycles. The first-order valence-corrected chi connectivity index (χ1v) is 5.55. The summed E-state index contributed by atoms with van der Waals surface area (Å²) in [5.74, 6) is 0.172. The zero-order valence-corrected chi connectivity index (χ0v) is 10.2. The van der Waals surface area contributed by atoms with Gasteiger partial charge in [0.15, 0.2) is 11.6 Å². The van der Waals surface area contributed by atoms with Crippen molar-refractivity contribution in [2.45, 2.75) is 13.8 Å². The van der Waals surface area contributed by atoms with Gasteiger partial charge in [0, 0.05) is 0 Å². The zero-order chi connectivity index (χ0) is 13.1. The van der Waals surface area contributed by atoms with E-state index in [9.17, 15) is 4.39 Å². The molecule has 0 saturated heterocycles. The molecule has 2 aromatic rings. The van der Waals surface area contributed by atoms with Crippen molar-refractivity contribution < 1.29 is 9.13 Å². The van der Waals surface area contributed by atoms with Gasteiger partial charge < -0.3 is 4.74 Å². The van der Waals surface area contributed by atoms with Gasteiger partial charge in [0.2, 0.25) is 0 Å². The van der Waals surface area contributed by atoms with Crippen molar-refractivity contribution in [1.82, 2.24) is 0 Å². The van der Waals surface area contributed by atoms with Gasteiger partial charge in [-0.25, -0.2) is 4.39 Å². The van der Waals surface area contributed by atoms with E-state index < -0.39 is 5.82 Å². The van der Waals surface area contributed by atoms with Crippen LogP contribution in [0.2, 0.25) is 0 Å². The summed E-state index contributed by atoms with van der Waals surface area (Å²) in [6.45, 7) is 3.97. The van der Waals surface area contributed by atoms with Gasteiger partial charge in [-0.05, 0) is 55.3 Å². The minimum atomic E-state index is -0.535. The quantitative estimate of drug-likeness (QED) is 0.792. The van der Waals surface area contributed by atoms with Crippen molar-refractivity contribution in [3.8, 4) is 17.6 Å². The van der Waals surface area contributed by atoms with Crippen LogP contribution in [-0.2, 0) is 0 Å². The molecule has 90 valence electrons. The van der Waals surface area contributed by atoms with E-state index in [1.165, 1.54) is 12.1 Å². The summed E-state index contributed by atoms with van der Waals surface area (Å²) < 4.78 is 19.1. The van der Waals surface area contributed by atoms with Crippen LogP contribution in [0.1, 0.15) is 16.7 Å². The second-order valence-electron chi connectivity index (χ2n) is 4.11. The van der Waals surface area contributed by atoms with E-state index in [0.717, 1.165) is 17.2 Å². The fourth-order valence-corrected chi connectivity index (χ4v) is 1.56. The molecule has 18 heavy (non-hydrogen) atoms. The van der Waals surface area contributed by atoms with Crippen LogP contribution < -0.4 is 4.74 Å². The predicted octanol–water partition coefficient (Wildman–Crippen LogP) is 4.11. The first kappa shape index (κ1) is 12.1. The lowest BCUT2D eigenvalue weighted by Gasteiger charge is -2.08. The Morgan fingerprint density at radius 3 is 2.44 bits per heavy atom. The first-order valence-electron chi connectivity index (χ1n) is 5.55. The SMILES string of the molecule is Cc1ccc(Oc2ccc(C#N)cc2F)cc1C. The third-order valence-electron chi connectivity index (χ3n) is 2.77. The van der Waals surface area contributed by atoms with Gasteiger partial charge in [-0.1, -0.05) is 6.07 Å². The number of hydrogen-bond acceptors (Lipinski definition) is 2. The van der Waals surface area contributed by atoms with Gasteiger partial charge in [-0.2, -0.15) is 5.26 Å². The Bertz CT molecular complexity index is 629. The van der Waals surface area contributed by atoms with Gasteiger partial charge in [0.25, 0.3) is 0 Å². The molecule has 0 radical (unpaired) electrons. The lowest BCUT2D eigenvalue weighted by atomic mass is 10.1. The fraction of sp³-hybridized carbons (Fsp3) is 0.133. The van der Waals surface area contributed by atoms with Crippen LogP contribution in [0.15, 0.2) is 36.4 Å². The Balaban J connectivity index is 2.29. The maximum Gasteiger partial charge on any atom is 0.167 e. The molecule has 2 nitrogen and oxygen atoms in total. The number of halogens is 1. The number of hydrogen-bond donors (Lipinski definition) is 0. The fourth-order valence-electron chi connectivity index (χ4n) is 1.56. The molecular weight excluding hydrogens is 229 g/mol. The summed E-state index contributed by atoms with van der Waals surface area (Å²) in [5, 5.41) is 8.65. The van der Waals surface area contributed by atoms with E-state index in [0.29, 0.717) is 5.75 Å². The Morgan fingerprint density at radius 1 is 1.06 bits per heavy atom. The number of ether oxygens (including phenoxy) is 1. The zero-order valence-electron chi connectivity index (χ0n) is 10.2. The van der Waals surface area contributed by atoms with Gasteiger partial charge in [-0.15, -0.1) is 0 Å². The van der Waals surface area contributed by atoms with Crippen LogP contribution >= 0.6 is 0 Å². The third kappa shape index (κ3) is 2.49. The van der Waals surface area contributed by atoms with Crippen molar-refractivity contribution in [2.24, 2.45) is 0 Å². The molecule has 0 saturated carbocycles. The van der Waals surface area contributed by atoms with Crippen molar-refractivity contribution in [2.75, 3.05) is 0 Å². The molecule has 0 bridgehead atoms. The average molecular weight is 241 g/mol. The Morgan fingerprint density at radius 2 is 1.83 bits per heavy atom. The molecule has 0 N–H and O–H groups in total. The maximum absolute atomic E-state index is 13.6. The van der Waals surface area contributed by atoms with Gasteiger partial charge >= 0.3 is 0 Å². The molecule has 0 amide bonds. The first-order chi connectivity index (χ1) is 8.60. The van der Waals surface area contributed by atoms with E-state index in [1.807, 2.05) is 32.0 Å². The molecule has 2 rings (SSSR count). The minimum absolute atomic E-state index is 0.122. The number of benzene rings is 2. The highest BCUT2D eigenvalue weighted by atomic mass is 19.1. The predicted molar refractivity (Wildman–Crippen MR) is 67.1 cm³/mol. The molecule has 0 atom stereocenters. The summed E-state index contributed by atoms with van der Waals surface area (Å²) >= 11 is 0. The second-order valence-corrected chi connectivity index (χ2v) is 4.11. The van der Waals surface area contributed by atoms with Crippen molar-refractivity contribution >= 4 is 0 Å². The van der Waals surface area contributed by atoms with Crippen LogP contribution in [0.5, 0.6) is 11.5 Å². The number of rotatable bonds is 2. The van der Waals surface area contributed by atoms with Crippen molar-refractivity contribution in [3.05, 3.63) is 58.9 Å². The van der Waals surface area contributed by atoms with Crippen LogP contribution in [0.3, 0.4) is 0 Å². The van der Waals surface area contributed by atoms with Gasteiger partial charge in [-0.3, -0.25) is 0 Å². The molecule has 2 aromatic carbocycles. The van der Waals surface area contributed by atoms with E-state index in [1.54, 1.807) is 6.07 Å². The molecule has 0 aliphatic carbocycles. The number of aryl methyl sites for hydroxylation is 2. The van der Waals surface area contributed by atoms with E-state index in [2.05, 4.69) is 0 Å². The van der Waals surface area contributed by atoms with Gasteiger partial charge in [0.05, 0.1) is 11.6 Å². The molecule has 0 aromatic heterocycles. The summed E-state index contributed by atoms with van der Waals surface area (Å²) in [6, 6.07) is 11.6. The topological polar surface area (TPSA) is 33.0 Å². The smallest absolute Gasteiger partial charge is 0.167 e. The average Bonchev–Trinajstić information content (AvgIpc) is 2.36. The normalized spacial score (nSPS) is 9.89. The summed E-state index contributed by atoms with van der Waals surface area (Å²) in [5.41, 5.74) is 2.52. The highest BCUT2D eigenvalue weighted by Crippen LogP contribution is 2.26. The molecular formula is C15H12FNO. The van der Waals surface area contributed by atoms with E-state index in [4.69, 9.17) is 10.00 Å². The molecule has 0 unspecified atom stereocenters. The van der Waals surface area contributed by atoms with E-state index >= 15 is 0 Å². The Kier molecular flexibility index (Phi) is 3.29. The summed E-state index contributed by atoms with van der Waals surface area (Å²) in [7, 11) is 0. The largest absolute Gasteiger partial charge is 0.454 e. The van der Waals surface area contributed by atoms with E-state index in [-0.39, 0.29) is 11.3 Å². The van der Waals surface area contributed by atoms with Crippen LogP contribution in [0.25, 0.3) is 0 Å². The highest BCUT2D eigenvalue weighted by molar-refractivity contribution is 5.40. The molecule has 0 fully saturated rings. The van der Waals surface area contributed by atoms with Crippen LogP contribution in [-0.4, -0.2) is 0 Å². The molecule has 0 spiro atoms. The number of nitrogens with zero attached hydrogens (tertiary/aromatic N) is 1. The lowest BCUT2D eigenvalue weighted by Crippen LogP contribution is -1.90. The maximum atomic E-state index is 13.6. The monoisotopic (exact) mass is 241 g/mol. The van der Waals surface area contributed by atoms with Crippen molar-refractivity contribution in [1.29, 1.82) is 5.26 Å². The molecule has 3 heteroatoms. The highest BCUT2D eigenvalue weighted by Gasteiger charge is 2.06. The summed E-state index contributed by atoms with van der Waals surface area (Å²) in [6.07, 6.45) is 0. The third-order valence-corrected chi connectivity index (χ3v) is 2.77. The van der Waals surface area contributed by atoms with Crippen molar-refractivity contribution in [3.63, 3.8) is 0 Å². The second kappa shape index (κ2) is 4.89. The number of nitriles is 1. The van der Waals surface area contributed by atoms with Gasteiger partial charge in [0.1, 0.15) is 5.75 Å². The van der Waals surface area contributed by atoms with Crippen LogP contribution in [0.4, 0.5) is 4.39 Å². The molecule has 0 heterocycles.